The topological polar surface area (TPSA) is 41.1 Å². The molecule has 0 amide bonds. The molecule has 1 aliphatic rings. The van der Waals surface area contributed by atoms with Crippen molar-refractivity contribution in [1.82, 2.24) is 9.97 Å². The molecule has 4 aromatic rings. The smallest absolute Gasteiger partial charge is 0.227 e. The number of nitrogens with one attached hydrogen (secondary N) is 1. The molecule has 194 valence electrons. The second-order valence-electron chi connectivity index (χ2n) is 9.74. The fourth-order valence-corrected chi connectivity index (χ4v) is 5.14. The van der Waals surface area contributed by atoms with Crippen LogP contribution in [0.3, 0.4) is 0 Å². The molecule has 1 aromatic heterocycles. The molecule has 1 aliphatic heterocycles. The zero-order valence-electron chi connectivity index (χ0n) is 21.5. The molecule has 5 rings (SSSR count). The summed E-state index contributed by atoms with van der Waals surface area (Å²) in [5.41, 5.74) is 6.60. The number of aryl methyl sites for hydroxylation is 1. The number of halogens is 2. The van der Waals surface area contributed by atoms with E-state index in [0.29, 0.717) is 17.4 Å². The van der Waals surface area contributed by atoms with Gasteiger partial charge in [-0.05, 0) is 85.7 Å². The quantitative estimate of drug-likeness (QED) is 0.222. The standard InChI is InChI=1S/C32H32ClFN4/c1-2-3-9-23-14-15-30(33)29(20-23)31-25(18-24-10-7-11-26(34)19-24)22-35-32(37-31)36-27-12-8-13-28(21-27)38-16-5-4-6-17-38/h2,7-8,10-15,19-22H,1,3-6,9,16-18H2,(H,35,36,37). The molecule has 0 bridgehead atoms. The number of aromatic nitrogens is 2. The van der Waals surface area contributed by atoms with Crippen molar-refractivity contribution in [3.05, 3.63) is 113 Å². The minimum absolute atomic E-state index is 0.263. The summed E-state index contributed by atoms with van der Waals surface area (Å²) >= 11 is 6.72. The molecule has 0 aliphatic carbocycles. The van der Waals surface area contributed by atoms with Crippen molar-refractivity contribution in [2.45, 2.75) is 38.5 Å². The Labute approximate surface area is 229 Å². The Kier molecular flexibility index (Phi) is 8.34. The third-order valence-corrected chi connectivity index (χ3v) is 7.22. The highest BCUT2D eigenvalue weighted by Gasteiger charge is 2.16. The molecule has 4 nitrogen and oxygen atoms in total. The Balaban J connectivity index is 1.50. The van der Waals surface area contributed by atoms with Crippen LogP contribution < -0.4 is 10.2 Å². The lowest BCUT2D eigenvalue weighted by Crippen LogP contribution is -2.29. The second-order valence-corrected chi connectivity index (χ2v) is 10.1. The Hall–Kier alpha value is -3.70. The highest BCUT2D eigenvalue weighted by molar-refractivity contribution is 6.33. The van der Waals surface area contributed by atoms with Crippen LogP contribution in [0.4, 0.5) is 21.7 Å². The van der Waals surface area contributed by atoms with E-state index in [1.807, 2.05) is 36.5 Å². The van der Waals surface area contributed by atoms with Crippen LogP contribution >= 0.6 is 11.6 Å². The molecule has 1 N–H and O–H groups in total. The predicted octanol–water partition coefficient (Wildman–Crippen LogP) is 8.38. The van der Waals surface area contributed by atoms with Crippen molar-refractivity contribution in [1.29, 1.82) is 0 Å². The molecule has 38 heavy (non-hydrogen) atoms. The van der Waals surface area contributed by atoms with Crippen LogP contribution in [0.2, 0.25) is 5.02 Å². The van der Waals surface area contributed by atoms with Gasteiger partial charge >= 0.3 is 0 Å². The molecule has 0 unspecified atom stereocenters. The van der Waals surface area contributed by atoms with Crippen LogP contribution in [0.25, 0.3) is 11.3 Å². The first-order valence-electron chi connectivity index (χ1n) is 13.2. The summed E-state index contributed by atoms with van der Waals surface area (Å²) in [6.45, 7) is 6.01. The highest BCUT2D eigenvalue weighted by atomic mass is 35.5. The maximum absolute atomic E-state index is 13.9. The van der Waals surface area contributed by atoms with Gasteiger partial charge in [-0.2, -0.15) is 0 Å². The van der Waals surface area contributed by atoms with Gasteiger partial charge in [-0.3, -0.25) is 0 Å². The zero-order chi connectivity index (χ0) is 26.3. The van der Waals surface area contributed by atoms with Crippen molar-refractivity contribution in [2.75, 3.05) is 23.3 Å². The molecule has 1 fully saturated rings. The first-order chi connectivity index (χ1) is 18.6. The molecule has 0 spiro atoms. The van der Waals surface area contributed by atoms with E-state index in [-0.39, 0.29) is 5.82 Å². The van der Waals surface area contributed by atoms with Crippen molar-refractivity contribution in [3.63, 3.8) is 0 Å². The first kappa shape index (κ1) is 25.9. The number of rotatable bonds is 9. The SMILES string of the molecule is C=CCCc1ccc(Cl)c(-c2nc(Nc3cccc(N4CCCCC4)c3)ncc2Cc2cccc(F)c2)c1. The van der Waals surface area contributed by atoms with E-state index < -0.39 is 0 Å². The van der Waals surface area contributed by atoms with E-state index in [2.05, 4.69) is 46.0 Å². The molecule has 6 heteroatoms. The maximum Gasteiger partial charge on any atom is 0.227 e. The van der Waals surface area contributed by atoms with Crippen LogP contribution in [-0.2, 0) is 12.8 Å². The van der Waals surface area contributed by atoms with Crippen molar-refractivity contribution >= 4 is 28.9 Å². The van der Waals surface area contributed by atoms with Gasteiger partial charge in [0.1, 0.15) is 5.82 Å². The summed E-state index contributed by atoms with van der Waals surface area (Å²) in [6.07, 6.45) is 9.71. The molecule has 0 atom stereocenters. The lowest BCUT2D eigenvalue weighted by Gasteiger charge is -2.29. The number of anilines is 3. The monoisotopic (exact) mass is 526 g/mol. The fourth-order valence-electron chi connectivity index (χ4n) is 4.94. The van der Waals surface area contributed by atoms with Gasteiger partial charge in [0.2, 0.25) is 5.95 Å². The lowest BCUT2D eigenvalue weighted by molar-refractivity contribution is 0.578. The van der Waals surface area contributed by atoms with Crippen LogP contribution in [0.5, 0.6) is 0 Å². The van der Waals surface area contributed by atoms with E-state index in [9.17, 15) is 4.39 Å². The lowest BCUT2D eigenvalue weighted by atomic mass is 9.98. The van der Waals surface area contributed by atoms with E-state index in [0.717, 1.165) is 59.6 Å². The molecule has 0 saturated carbocycles. The fraction of sp³-hybridized carbons (Fsp3) is 0.250. The number of nitrogens with zero attached hydrogens (tertiary/aromatic N) is 3. The van der Waals surface area contributed by atoms with Gasteiger partial charge in [0.25, 0.3) is 0 Å². The van der Waals surface area contributed by atoms with Crippen LogP contribution in [0.15, 0.2) is 85.6 Å². The molecular formula is C32H32ClFN4. The summed E-state index contributed by atoms with van der Waals surface area (Å²) < 4.78 is 13.9. The van der Waals surface area contributed by atoms with E-state index in [1.54, 1.807) is 12.1 Å². The minimum atomic E-state index is -0.263. The van der Waals surface area contributed by atoms with Gasteiger partial charge < -0.3 is 10.2 Å². The number of hydrogen-bond donors (Lipinski definition) is 1. The maximum atomic E-state index is 13.9. The summed E-state index contributed by atoms with van der Waals surface area (Å²) in [5.74, 6) is 0.229. The van der Waals surface area contributed by atoms with Crippen molar-refractivity contribution < 1.29 is 4.39 Å². The van der Waals surface area contributed by atoms with E-state index >= 15 is 0 Å². The zero-order valence-corrected chi connectivity index (χ0v) is 22.2. The van der Waals surface area contributed by atoms with Crippen LogP contribution in [-0.4, -0.2) is 23.1 Å². The normalized spacial score (nSPS) is 13.4. The summed E-state index contributed by atoms with van der Waals surface area (Å²) in [7, 11) is 0. The number of piperidine rings is 1. The molecule has 1 saturated heterocycles. The third-order valence-electron chi connectivity index (χ3n) is 6.89. The Morgan fingerprint density at radius 3 is 2.63 bits per heavy atom. The van der Waals surface area contributed by atoms with Crippen LogP contribution in [0.1, 0.15) is 42.4 Å². The van der Waals surface area contributed by atoms with Gasteiger partial charge in [0.05, 0.1) is 5.69 Å². The highest BCUT2D eigenvalue weighted by Crippen LogP contribution is 2.33. The van der Waals surface area contributed by atoms with Crippen molar-refractivity contribution in [2.24, 2.45) is 0 Å². The average Bonchev–Trinajstić information content (AvgIpc) is 2.94. The van der Waals surface area contributed by atoms with Gasteiger partial charge in [-0.1, -0.05) is 41.9 Å². The number of hydrogen-bond acceptors (Lipinski definition) is 4. The van der Waals surface area contributed by atoms with Gasteiger partial charge in [0.15, 0.2) is 0 Å². The summed E-state index contributed by atoms with van der Waals surface area (Å²) in [5, 5.41) is 4.01. The predicted molar refractivity (Wildman–Crippen MR) is 156 cm³/mol. The molecular weight excluding hydrogens is 495 g/mol. The Morgan fingerprint density at radius 2 is 1.82 bits per heavy atom. The summed E-state index contributed by atoms with van der Waals surface area (Å²) in [4.78, 5) is 12.0. The molecule has 0 radical (unpaired) electrons. The first-order valence-corrected chi connectivity index (χ1v) is 13.6. The third kappa shape index (κ3) is 6.40. The Morgan fingerprint density at radius 1 is 0.974 bits per heavy atom. The van der Waals surface area contributed by atoms with Gasteiger partial charge in [-0.15, -0.1) is 6.58 Å². The number of benzene rings is 3. The molecule has 3 aromatic carbocycles. The average molecular weight is 527 g/mol. The van der Waals surface area contributed by atoms with Crippen molar-refractivity contribution in [3.8, 4) is 11.3 Å². The minimum Gasteiger partial charge on any atom is -0.371 e. The molecule has 2 heterocycles. The Bertz CT molecular complexity index is 1410. The van der Waals surface area contributed by atoms with E-state index in [4.69, 9.17) is 16.6 Å². The van der Waals surface area contributed by atoms with Gasteiger partial charge in [0, 0.05) is 53.2 Å². The van der Waals surface area contributed by atoms with Gasteiger partial charge in [-0.25, -0.2) is 14.4 Å². The summed E-state index contributed by atoms with van der Waals surface area (Å²) in [6, 6.07) is 21.1. The van der Waals surface area contributed by atoms with E-state index in [1.165, 1.54) is 31.0 Å². The number of allylic oxidation sites excluding steroid dienone is 1. The second kappa shape index (κ2) is 12.2. The largest absolute Gasteiger partial charge is 0.371 e. The van der Waals surface area contributed by atoms with Crippen LogP contribution in [0, 0.1) is 5.82 Å².